The lowest BCUT2D eigenvalue weighted by atomic mass is 10.0. The molecule has 1 aromatic carbocycles. The summed E-state index contributed by atoms with van der Waals surface area (Å²) >= 11 is 8.02. The van der Waals surface area contributed by atoms with Crippen molar-refractivity contribution < 1.29 is 0 Å². The fraction of sp³-hybridized carbons (Fsp3) is 0.400. The number of hydrogen-bond acceptors (Lipinski definition) is 1. The smallest absolute Gasteiger partial charge is 0.104 e. The van der Waals surface area contributed by atoms with Gasteiger partial charge in [-0.1, -0.05) is 23.8 Å². The van der Waals surface area contributed by atoms with Crippen molar-refractivity contribution in [2.45, 2.75) is 18.1 Å². The van der Waals surface area contributed by atoms with E-state index >= 15 is 0 Å². The summed E-state index contributed by atoms with van der Waals surface area (Å²) in [5.41, 5.74) is 4.06. The zero-order valence-corrected chi connectivity index (χ0v) is 8.58. The first-order valence-corrected chi connectivity index (χ1v) is 5.61. The Morgan fingerprint density at radius 3 is 3.17 bits per heavy atom. The van der Waals surface area contributed by atoms with E-state index in [1.165, 1.54) is 23.1 Å². The van der Waals surface area contributed by atoms with Crippen LogP contribution in [0.5, 0.6) is 0 Å². The summed E-state index contributed by atoms with van der Waals surface area (Å²) in [4.78, 5) is 0. The van der Waals surface area contributed by atoms with Gasteiger partial charge in [-0.3, -0.25) is 0 Å². The van der Waals surface area contributed by atoms with Crippen LogP contribution < -0.4 is 0 Å². The molecule has 1 aliphatic heterocycles. The molecule has 0 aromatic heterocycles. The number of aryl methyl sites for hydroxylation is 2. The van der Waals surface area contributed by atoms with Crippen molar-refractivity contribution >= 4 is 23.4 Å². The number of alkyl halides is 1. The van der Waals surface area contributed by atoms with Gasteiger partial charge in [0.05, 0.1) is 0 Å². The standard InChI is InChI=1S/C10H11ClS/c1-7-2-3-8-4-5-12-10(11)9(8)6-7/h2-3,6,10H,4-5H2,1H3. The quantitative estimate of drug-likeness (QED) is 0.575. The van der Waals surface area contributed by atoms with Crippen molar-refractivity contribution in [1.29, 1.82) is 0 Å². The van der Waals surface area contributed by atoms with Crippen LogP contribution in [0.3, 0.4) is 0 Å². The van der Waals surface area contributed by atoms with E-state index in [1.807, 2.05) is 11.8 Å². The number of thioether (sulfide) groups is 1. The fourth-order valence-corrected chi connectivity index (χ4v) is 2.93. The normalized spacial score (nSPS) is 22.0. The van der Waals surface area contributed by atoms with Crippen LogP contribution in [0.2, 0.25) is 0 Å². The van der Waals surface area contributed by atoms with Crippen molar-refractivity contribution in [3.8, 4) is 0 Å². The highest BCUT2D eigenvalue weighted by atomic mass is 35.5. The van der Waals surface area contributed by atoms with Gasteiger partial charge in [0, 0.05) is 0 Å². The van der Waals surface area contributed by atoms with Crippen LogP contribution in [-0.2, 0) is 6.42 Å². The Balaban J connectivity index is 2.47. The third-order valence-corrected chi connectivity index (χ3v) is 3.78. The minimum absolute atomic E-state index is 0.175. The maximum atomic E-state index is 6.18. The van der Waals surface area contributed by atoms with Crippen LogP contribution in [0.25, 0.3) is 0 Å². The summed E-state index contributed by atoms with van der Waals surface area (Å²) in [5, 5.41) is 0. The molecule has 1 heterocycles. The van der Waals surface area contributed by atoms with Gasteiger partial charge in [0.2, 0.25) is 0 Å². The molecule has 1 atom stereocenters. The lowest BCUT2D eigenvalue weighted by molar-refractivity contribution is 1.07. The Hall–Kier alpha value is -0.140. The third kappa shape index (κ3) is 1.48. The molecule has 1 aliphatic rings. The summed E-state index contributed by atoms with van der Waals surface area (Å²) in [6, 6.07) is 6.58. The summed E-state index contributed by atoms with van der Waals surface area (Å²) in [6.45, 7) is 2.11. The zero-order valence-electron chi connectivity index (χ0n) is 7.01. The van der Waals surface area contributed by atoms with Gasteiger partial charge in [0.15, 0.2) is 0 Å². The molecule has 2 heteroatoms. The highest BCUT2D eigenvalue weighted by Gasteiger charge is 2.17. The Labute approximate surface area is 82.3 Å². The molecule has 0 nitrogen and oxygen atoms in total. The van der Waals surface area contributed by atoms with Gasteiger partial charge in [-0.25, -0.2) is 0 Å². The van der Waals surface area contributed by atoms with Crippen LogP contribution in [0.4, 0.5) is 0 Å². The van der Waals surface area contributed by atoms with Crippen molar-refractivity contribution in [3.63, 3.8) is 0 Å². The average Bonchev–Trinajstić information content (AvgIpc) is 2.07. The first kappa shape index (κ1) is 8.46. The lowest BCUT2D eigenvalue weighted by Crippen LogP contribution is -2.04. The second-order valence-electron chi connectivity index (χ2n) is 3.14. The van der Waals surface area contributed by atoms with Gasteiger partial charge in [-0.05, 0) is 30.2 Å². The van der Waals surface area contributed by atoms with Gasteiger partial charge in [0.25, 0.3) is 0 Å². The molecular weight excluding hydrogens is 188 g/mol. The minimum Gasteiger partial charge on any atom is -0.137 e. The first-order chi connectivity index (χ1) is 5.77. The van der Waals surface area contributed by atoms with E-state index in [-0.39, 0.29) is 4.71 Å². The van der Waals surface area contributed by atoms with Crippen molar-refractivity contribution in [3.05, 3.63) is 34.9 Å². The van der Waals surface area contributed by atoms with Gasteiger partial charge >= 0.3 is 0 Å². The molecule has 0 amide bonds. The molecule has 12 heavy (non-hydrogen) atoms. The average molecular weight is 199 g/mol. The molecule has 0 saturated carbocycles. The van der Waals surface area contributed by atoms with Crippen LogP contribution in [0.1, 0.15) is 21.4 Å². The van der Waals surface area contributed by atoms with E-state index in [0.717, 1.165) is 5.75 Å². The molecule has 0 bridgehead atoms. The van der Waals surface area contributed by atoms with Crippen LogP contribution >= 0.6 is 23.4 Å². The largest absolute Gasteiger partial charge is 0.137 e. The lowest BCUT2D eigenvalue weighted by Gasteiger charge is -2.20. The van der Waals surface area contributed by atoms with Gasteiger partial charge in [-0.2, -0.15) is 0 Å². The maximum absolute atomic E-state index is 6.18. The van der Waals surface area contributed by atoms with Crippen molar-refractivity contribution in [1.82, 2.24) is 0 Å². The van der Waals surface area contributed by atoms with Crippen molar-refractivity contribution in [2.75, 3.05) is 5.75 Å². The van der Waals surface area contributed by atoms with Crippen LogP contribution in [0.15, 0.2) is 18.2 Å². The number of fused-ring (bicyclic) bond motifs is 1. The first-order valence-electron chi connectivity index (χ1n) is 4.12. The molecule has 1 unspecified atom stereocenters. The Kier molecular flexibility index (Phi) is 2.33. The summed E-state index contributed by atoms with van der Waals surface area (Å²) < 4.78 is 0.175. The number of rotatable bonds is 0. The van der Waals surface area contributed by atoms with Crippen molar-refractivity contribution in [2.24, 2.45) is 0 Å². The maximum Gasteiger partial charge on any atom is 0.104 e. The molecule has 0 spiro atoms. The van der Waals surface area contributed by atoms with E-state index in [0.29, 0.717) is 0 Å². The second kappa shape index (κ2) is 3.31. The predicted molar refractivity (Wildman–Crippen MR) is 55.9 cm³/mol. The van der Waals surface area contributed by atoms with E-state index in [4.69, 9.17) is 11.6 Å². The highest BCUT2D eigenvalue weighted by Crippen LogP contribution is 2.39. The molecule has 0 saturated heterocycles. The van der Waals surface area contributed by atoms with Crippen LogP contribution in [0, 0.1) is 6.92 Å². The monoisotopic (exact) mass is 198 g/mol. The topological polar surface area (TPSA) is 0 Å². The molecule has 2 rings (SSSR count). The second-order valence-corrected chi connectivity index (χ2v) is 5.05. The fourth-order valence-electron chi connectivity index (χ4n) is 1.52. The van der Waals surface area contributed by atoms with Gasteiger partial charge in [-0.15, -0.1) is 23.4 Å². The molecule has 0 N–H and O–H groups in total. The minimum atomic E-state index is 0.175. The Morgan fingerprint density at radius 2 is 2.33 bits per heavy atom. The molecule has 0 aliphatic carbocycles. The third-order valence-electron chi connectivity index (χ3n) is 2.18. The van der Waals surface area contributed by atoms with E-state index in [9.17, 15) is 0 Å². The number of halogens is 1. The van der Waals surface area contributed by atoms with E-state index in [2.05, 4.69) is 25.1 Å². The van der Waals surface area contributed by atoms with Crippen LogP contribution in [-0.4, -0.2) is 5.75 Å². The zero-order chi connectivity index (χ0) is 8.55. The highest BCUT2D eigenvalue weighted by molar-refractivity contribution is 8.00. The molecule has 1 aromatic rings. The van der Waals surface area contributed by atoms with E-state index in [1.54, 1.807) is 0 Å². The summed E-state index contributed by atoms with van der Waals surface area (Å²) in [6.07, 6.45) is 1.17. The summed E-state index contributed by atoms with van der Waals surface area (Å²) in [5.74, 6) is 1.16. The van der Waals surface area contributed by atoms with E-state index < -0.39 is 0 Å². The Bertz CT molecular complexity index is 296. The molecule has 64 valence electrons. The van der Waals surface area contributed by atoms with Gasteiger partial charge in [0.1, 0.15) is 4.71 Å². The SMILES string of the molecule is Cc1ccc2c(c1)C(Cl)SCC2. The number of benzene rings is 1. The van der Waals surface area contributed by atoms with Gasteiger partial charge < -0.3 is 0 Å². The molecular formula is C10H11ClS. The predicted octanol–water partition coefficient (Wildman–Crippen LogP) is 3.52. The number of hydrogen-bond donors (Lipinski definition) is 0. The molecule has 0 fully saturated rings. The Morgan fingerprint density at radius 1 is 1.50 bits per heavy atom. The summed E-state index contributed by atoms with van der Waals surface area (Å²) in [7, 11) is 0. The molecule has 0 radical (unpaired) electrons.